The molecule has 3 rings (SSSR count). The Morgan fingerprint density at radius 3 is 2.67 bits per heavy atom. The number of nitrogens with one attached hydrogen (secondary N) is 1. The molecule has 94 valence electrons. The van der Waals surface area contributed by atoms with Crippen LogP contribution in [0.1, 0.15) is 0 Å². The van der Waals surface area contributed by atoms with Gasteiger partial charge >= 0.3 is 7.05 Å². The van der Waals surface area contributed by atoms with E-state index in [1.807, 2.05) is 13.0 Å². The van der Waals surface area contributed by atoms with Gasteiger partial charge in [-0.25, -0.2) is 0 Å². The van der Waals surface area contributed by atoms with Crippen molar-refractivity contribution < 1.29 is 5.02 Å². The molecule has 0 radical (unpaired) electrons. The van der Waals surface area contributed by atoms with E-state index in [4.69, 9.17) is 0 Å². The van der Waals surface area contributed by atoms with Gasteiger partial charge in [0.2, 0.25) is 0 Å². The van der Waals surface area contributed by atoms with Crippen molar-refractivity contribution in [3.8, 4) is 0 Å². The molecule has 1 aromatic carbocycles. The molecule has 0 amide bonds. The lowest BCUT2D eigenvalue weighted by Crippen LogP contribution is -2.51. The monoisotopic (exact) mass is 243 g/mol. The molecule has 4 nitrogen and oxygen atoms in total. The second-order valence-corrected chi connectivity index (χ2v) is 4.87. The van der Waals surface area contributed by atoms with Gasteiger partial charge in [-0.2, -0.15) is 0 Å². The third-order valence-electron chi connectivity index (χ3n) is 3.76. The molecule has 0 atom stereocenters. The third-order valence-corrected chi connectivity index (χ3v) is 3.76. The number of anilines is 1. The minimum atomic E-state index is -0.338. The first-order chi connectivity index (χ1) is 8.75. The number of aromatic amines is 1. The molecule has 2 aromatic rings. The maximum Gasteiger partial charge on any atom is 0.376 e. The molecule has 0 aliphatic carbocycles. The van der Waals surface area contributed by atoms with E-state index >= 15 is 0 Å². The number of H-pyrrole nitrogens is 1. The van der Waals surface area contributed by atoms with Crippen LogP contribution >= 0.6 is 0 Å². The molecule has 2 heterocycles. The number of fused-ring (bicyclic) bond motifs is 1. The highest BCUT2D eigenvalue weighted by molar-refractivity contribution is 6.45. The van der Waals surface area contributed by atoms with Gasteiger partial charge in [-0.05, 0) is 25.0 Å². The Hall–Kier alpha value is -1.46. The van der Waals surface area contributed by atoms with Crippen LogP contribution < -0.4 is 4.90 Å². The fraction of sp³-hybridized carbons (Fsp3) is 0.385. The second-order valence-electron chi connectivity index (χ2n) is 4.87. The summed E-state index contributed by atoms with van der Waals surface area (Å²) < 4.78 is 0. The Morgan fingerprint density at radius 2 is 1.94 bits per heavy atom. The Bertz CT molecular complexity index is 532. The molecule has 5 heteroatoms. The Labute approximate surface area is 107 Å². The van der Waals surface area contributed by atoms with Gasteiger partial charge in [0.05, 0.1) is 0 Å². The summed E-state index contributed by atoms with van der Waals surface area (Å²) in [6.07, 6.45) is 1.99. The first kappa shape index (κ1) is 11.6. The number of nitrogens with zero attached hydrogens (tertiary/aromatic N) is 2. The molecule has 0 saturated carbocycles. The summed E-state index contributed by atoms with van der Waals surface area (Å²) >= 11 is 0. The average Bonchev–Trinajstić information content (AvgIpc) is 2.87. The molecule has 1 aliphatic rings. The van der Waals surface area contributed by atoms with Crippen molar-refractivity contribution in [2.24, 2.45) is 0 Å². The van der Waals surface area contributed by atoms with Crippen LogP contribution in [0.2, 0.25) is 6.82 Å². The first-order valence-electron chi connectivity index (χ1n) is 6.49. The van der Waals surface area contributed by atoms with Crippen LogP contribution in [0.5, 0.6) is 0 Å². The van der Waals surface area contributed by atoms with Crippen LogP contribution in [0, 0.1) is 0 Å². The summed E-state index contributed by atoms with van der Waals surface area (Å²) in [6.45, 7) is 5.60. The van der Waals surface area contributed by atoms with E-state index in [0.717, 1.165) is 26.2 Å². The number of rotatable bonds is 2. The van der Waals surface area contributed by atoms with E-state index < -0.39 is 0 Å². The summed E-state index contributed by atoms with van der Waals surface area (Å²) in [6, 6.07) is 8.50. The molecule has 0 unspecified atom stereocenters. The zero-order valence-corrected chi connectivity index (χ0v) is 10.6. The fourth-order valence-electron chi connectivity index (χ4n) is 2.68. The SMILES string of the molecule is CB(O)N1CCN(c2cccc3[nH]ccc23)CC1. The lowest BCUT2D eigenvalue weighted by atomic mass is 9.84. The molecular formula is C13H18BN3O. The number of benzene rings is 1. The number of aromatic nitrogens is 1. The van der Waals surface area contributed by atoms with E-state index in [0.29, 0.717) is 0 Å². The first-order valence-corrected chi connectivity index (χ1v) is 6.49. The molecule has 0 bridgehead atoms. The van der Waals surface area contributed by atoms with E-state index in [2.05, 4.69) is 39.0 Å². The van der Waals surface area contributed by atoms with Crippen LogP contribution in [-0.4, -0.2) is 48.0 Å². The van der Waals surface area contributed by atoms with Gasteiger partial charge in [0.25, 0.3) is 0 Å². The number of piperazine rings is 1. The van der Waals surface area contributed by atoms with Crippen molar-refractivity contribution in [2.75, 3.05) is 31.1 Å². The normalized spacial score (nSPS) is 17.3. The highest BCUT2D eigenvalue weighted by Gasteiger charge is 2.23. The minimum Gasteiger partial charge on any atom is -0.437 e. The summed E-state index contributed by atoms with van der Waals surface area (Å²) in [5.74, 6) is 0. The number of hydrogen-bond acceptors (Lipinski definition) is 3. The van der Waals surface area contributed by atoms with Gasteiger partial charge in [0.1, 0.15) is 0 Å². The number of hydrogen-bond donors (Lipinski definition) is 2. The predicted octanol–water partition coefficient (Wildman–Crippen LogP) is 1.40. The topological polar surface area (TPSA) is 42.5 Å². The van der Waals surface area contributed by atoms with E-state index in [1.165, 1.54) is 16.6 Å². The molecule has 1 fully saturated rings. The van der Waals surface area contributed by atoms with Gasteiger partial charge in [0.15, 0.2) is 0 Å². The van der Waals surface area contributed by atoms with Crippen molar-refractivity contribution in [3.63, 3.8) is 0 Å². The van der Waals surface area contributed by atoms with Gasteiger partial charge in [0, 0.05) is 49.0 Å². The molecule has 2 N–H and O–H groups in total. The lowest BCUT2D eigenvalue weighted by molar-refractivity contribution is 0.345. The predicted molar refractivity (Wildman–Crippen MR) is 75.9 cm³/mol. The molecular weight excluding hydrogens is 225 g/mol. The molecule has 18 heavy (non-hydrogen) atoms. The Morgan fingerprint density at radius 1 is 1.17 bits per heavy atom. The smallest absolute Gasteiger partial charge is 0.376 e. The van der Waals surface area contributed by atoms with Crippen molar-refractivity contribution in [2.45, 2.75) is 6.82 Å². The van der Waals surface area contributed by atoms with E-state index in [1.54, 1.807) is 0 Å². The second kappa shape index (κ2) is 4.67. The summed E-state index contributed by atoms with van der Waals surface area (Å²) in [7, 11) is -0.338. The summed E-state index contributed by atoms with van der Waals surface area (Å²) in [5, 5.41) is 10.9. The zero-order chi connectivity index (χ0) is 12.5. The lowest BCUT2D eigenvalue weighted by Gasteiger charge is -2.37. The van der Waals surface area contributed by atoms with Crippen molar-refractivity contribution >= 4 is 23.6 Å². The Kier molecular flexibility index (Phi) is 3.01. The zero-order valence-electron chi connectivity index (χ0n) is 10.6. The maximum absolute atomic E-state index is 9.58. The third kappa shape index (κ3) is 2.00. The average molecular weight is 243 g/mol. The molecule has 1 saturated heterocycles. The van der Waals surface area contributed by atoms with Crippen LogP contribution in [-0.2, 0) is 0 Å². The van der Waals surface area contributed by atoms with Gasteiger partial charge in [-0.15, -0.1) is 0 Å². The van der Waals surface area contributed by atoms with Crippen LogP contribution in [0.3, 0.4) is 0 Å². The van der Waals surface area contributed by atoms with Crippen molar-refractivity contribution in [1.82, 2.24) is 9.79 Å². The largest absolute Gasteiger partial charge is 0.437 e. The van der Waals surface area contributed by atoms with Gasteiger partial charge < -0.3 is 19.7 Å². The van der Waals surface area contributed by atoms with E-state index in [-0.39, 0.29) is 7.05 Å². The van der Waals surface area contributed by atoms with Crippen molar-refractivity contribution in [3.05, 3.63) is 30.5 Å². The van der Waals surface area contributed by atoms with E-state index in [9.17, 15) is 5.02 Å². The molecule has 1 aliphatic heterocycles. The highest BCUT2D eigenvalue weighted by Crippen LogP contribution is 2.26. The van der Waals surface area contributed by atoms with Crippen LogP contribution in [0.4, 0.5) is 5.69 Å². The molecule has 1 aromatic heterocycles. The Balaban J connectivity index is 1.82. The highest BCUT2D eigenvalue weighted by atomic mass is 16.2. The maximum atomic E-state index is 9.58. The molecule has 0 spiro atoms. The van der Waals surface area contributed by atoms with Crippen LogP contribution in [0.25, 0.3) is 10.9 Å². The quantitative estimate of drug-likeness (QED) is 0.783. The van der Waals surface area contributed by atoms with Gasteiger partial charge in [-0.1, -0.05) is 6.07 Å². The van der Waals surface area contributed by atoms with Crippen molar-refractivity contribution in [1.29, 1.82) is 0 Å². The van der Waals surface area contributed by atoms with Gasteiger partial charge in [-0.3, -0.25) is 0 Å². The fourth-order valence-corrected chi connectivity index (χ4v) is 2.68. The summed E-state index contributed by atoms with van der Waals surface area (Å²) in [4.78, 5) is 7.75. The summed E-state index contributed by atoms with van der Waals surface area (Å²) in [5.41, 5.74) is 2.48. The minimum absolute atomic E-state index is 0.338. The van der Waals surface area contributed by atoms with Crippen LogP contribution in [0.15, 0.2) is 30.5 Å². The standard InChI is InChI=1S/C13H18BN3O/c1-14(18)17-9-7-16(8-10-17)13-4-2-3-12-11(13)5-6-15-12/h2-6,15,18H,7-10H2,1H3.